The molecule has 0 atom stereocenters. The highest BCUT2D eigenvalue weighted by Gasteiger charge is 2.34. The molecule has 0 unspecified atom stereocenters. The summed E-state index contributed by atoms with van der Waals surface area (Å²) in [7, 11) is 0. The van der Waals surface area contributed by atoms with Crippen LogP contribution in [0.1, 0.15) is 68.7 Å². The summed E-state index contributed by atoms with van der Waals surface area (Å²) in [6.45, 7) is 2.22. The Morgan fingerprint density at radius 3 is 1.78 bits per heavy atom. The number of ketones is 2. The molecule has 41 heavy (non-hydrogen) atoms. The van der Waals surface area contributed by atoms with Crippen LogP contribution >= 0.6 is 15.9 Å². The van der Waals surface area contributed by atoms with Gasteiger partial charge in [-0.1, -0.05) is 76.4 Å². The van der Waals surface area contributed by atoms with Crippen molar-refractivity contribution in [2.24, 2.45) is 0 Å². The molecule has 0 aromatic heterocycles. The number of alkyl halides is 1. The molecule has 0 amide bonds. The van der Waals surface area contributed by atoms with E-state index in [2.05, 4.69) is 26.6 Å². The lowest BCUT2D eigenvalue weighted by Crippen LogP contribution is -2.23. The molecule has 0 spiro atoms. The topological polar surface area (TPSA) is 84.5 Å². The first-order valence-corrected chi connectivity index (χ1v) is 14.8. The molecule has 0 aliphatic heterocycles. The van der Waals surface area contributed by atoms with Crippen molar-refractivity contribution < 1.29 is 19.1 Å². The number of nitrogens with one attached hydrogen (secondary N) is 2. The molecule has 2 N–H and O–H groups in total. The molecule has 0 saturated carbocycles. The summed E-state index contributed by atoms with van der Waals surface area (Å²) in [5.74, 6) is -0.598. The van der Waals surface area contributed by atoms with Gasteiger partial charge in [0.05, 0.1) is 22.5 Å². The summed E-state index contributed by atoms with van der Waals surface area (Å²) in [4.78, 5) is 39.5. The Hall–Kier alpha value is -4.23. The van der Waals surface area contributed by atoms with Crippen molar-refractivity contribution >= 4 is 56.2 Å². The van der Waals surface area contributed by atoms with E-state index in [1.165, 1.54) is 0 Å². The average molecular weight is 612 g/mol. The molecule has 6 nitrogen and oxygen atoms in total. The zero-order valence-corrected chi connectivity index (χ0v) is 24.4. The quantitative estimate of drug-likeness (QED) is 0.0889. The van der Waals surface area contributed by atoms with Gasteiger partial charge in [0.2, 0.25) is 0 Å². The van der Waals surface area contributed by atoms with Crippen LogP contribution in [0, 0.1) is 6.92 Å². The van der Waals surface area contributed by atoms with E-state index in [0.29, 0.717) is 40.0 Å². The minimum atomic E-state index is -0.204. The molecule has 1 aliphatic rings. The molecule has 0 heterocycles. The Morgan fingerprint density at radius 1 is 0.707 bits per heavy atom. The summed E-state index contributed by atoms with van der Waals surface area (Å²) in [6.07, 6.45) is 3.28. The van der Waals surface area contributed by atoms with Crippen molar-refractivity contribution in [3.63, 3.8) is 0 Å². The van der Waals surface area contributed by atoms with Crippen molar-refractivity contribution in [3.05, 3.63) is 118 Å². The van der Waals surface area contributed by atoms with Crippen molar-refractivity contribution in [1.82, 2.24) is 0 Å². The number of benzene rings is 4. The average Bonchev–Trinajstić information content (AvgIpc) is 2.99. The minimum absolute atomic E-state index is 0.196. The normalized spacial score (nSPS) is 12.0. The van der Waals surface area contributed by atoms with Gasteiger partial charge in [0, 0.05) is 34.3 Å². The third kappa shape index (κ3) is 6.57. The molecule has 0 fully saturated rings. The SMILES string of the molecule is Cc1ccc(Nc2ccc(Nc3ccc(COC(=O)CCCCCBr)cc3)c3c2C(=O)c2ccccc2C3=O)cc1. The van der Waals surface area contributed by atoms with Gasteiger partial charge in [-0.25, -0.2) is 0 Å². The second-order valence-electron chi connectivity index (χ2n) is 10.1. The fraction of sp³-hybridized carbons (Fsp3) is 0.206. The molecule has 0 radical (unpaired) electrons. The first kappa shape index (κ1) is 28.3. The third-order valence-corrected chi connectivity index (χ3v) is 7.61. The first-order chi connectivity index (χ1) is 19.9. The summed E-state index contributed by atoms with van der Waals surface area (Å²) >= 11 is 3.40. The van der Waals surface area contributed by atoms with Gasteiger partial charge in [-0.2, -0.15) is 0 Å². The van der Waals surface area contributed by atoms with Crippen molar-refractivity contribution in [1.29, 1.82) is 0 Å². The minimum Gasteiger partial charge on any atom is -0.461 e. The summed E-state index contributed by atoms with van der Waals surface area (Å²) in [5.41, 5.74) is 6.16. The molecule has 4 aromatic rings. The van der Waals surface area contributed by atoms with Crippen LogP contribution in [0.15, 0.2) is 84.9 Å². The van der Waals surface area contributed by atoms with E-state index in [0.717, 1.165) is 47.1 Å². The number of carbonyl (C=O) groups excluding carboxylic acids is 3. The maximum absolute atomic E-state index is 13.8. The lowest BCUT2D eigenvalue weighted by Gasteiger charge is -2.24. The molecule has 208 valence electrons. The van der Waals surface area contributed by atoms with Crippen LogP contribution in [0.5, 0.6) is 0 Å². The number of esters is 1. The number of anilines is 4. The fourth-order valence-electron chi connectivity index (χ4n) is 4.84. The summed E-state index contributed by atoms with van der Waals surface area (Å²) in [5, 5.41) is 7.61. The third-order valence-electron chi connectivity index (χ3n) is 7.05. The number of hydrogen-bond acceptors (Lipinski definition) is 6. The Morgan fingerprint density at radius 2 is 1.24 bits per heavy atom. The molecular weight excluding hydrogens is 580 g/mol. The maximum Gasteiger partial charge on any atom is 0.306 e. The van der Waals surface area contributed by atoms with Crippen molar-refractivity contribution in [3.8, 4) is 0 Å². The molecule has 0 saturated heterocycles. The molecule has 4 aromatic carbocycles. The molecular formula is C34H31BrN2O4. The van der Waals surface area contributed by atoms with Crippen molar-refractivity contribution in [2.45, 2.75) is 39.2 Å². The second kappa shape index (κ2) is 13.0. The first-order valence-electron chi connectivity index (χ1n) is 13.7. The van der Waals surface area contributed by atoms with Crippen LogP contribution in [0.2, 0.25) is 0 Å². The Kier molecular flexibility index (Phi) is 8.95. The number of ether oxygens (including phenoxy) is 1. The van der Waals surface area contributed by atoms with E-state index in [-0.39, 0.29) is 24.1 Å². The van der Waals surface area contributed by atoms with Crippen molar-refractivity contribution in [2.75, 3.05) is 16.0 Å². The molecule has 0 bridgehead atoms. The largest absolute Gasteiger partial charge is 0.461 e. The number of aryl methyl sites for hydroxylation is 1. The van der Waals surface area contributed by atoms with Crippen LogP contribution in [-0.2, 0) is 16.1 Å². The van der Waals surface area contributed by atoms with E-state index in [9.17, 15) is 14.4 Å². The molecule has 1 aliphatic carbocycles. The Labute approximate surface area is 248 Å². The number of hydrogen-bond donors (Lipinski definition) is 2. The number of rotatable bonds is 11. The second-order valence-corrected chi connectivity index (χ2v) is 10.9. The lowest BCUT2D eigenvalue weighted by molar-refractivity contribution is -0.145. The zero-order chi connectivity index (χ0) is 28.8. The molecule has 5 rings (SSSR count). The van der Waals surface area contributed by atoms with Gasteiger partial charge in [-0.3, -0.25) is 14.4 Å². The summed E-state index contributed by atoms with van der Waals surface area (Å²) in [6, 6.07) is 25.9. The van der Waals surface area contributed by atoms with Gasteiger partial charge in [0.25, 0.3) is 0 Å². The van der Waals surface area contributed by atoms with Crippen LogP contribution in [-0.4, -0.2) is 22.9 Å². The highest BCUT2D eigenvalue weighted by atomic mass is 79.9. The van der Waals surface area contributed by atoms with Gasteiger partial charge >= 0.3 is 5.97 Å². The van der Waals surface area contributed by atoms with Crippen LogP contribution in [0.25, 0.3) is 0 Å². The lowest BCUT2D eigenvalue weighted by atomic mass is 9.82. The number of unbranched alkanes of at least 4 members (excludes halogenated alkanes) is 2. The van der Waals surface area contributed by atoms with Gasteiger partial charge in [0.15, 0.2) is 11.6 Å². The fourth-order valence-corrected chi connectivity index (χ4v) is 5.24. The van der Waals surface area contributed by atoms with Crippen LogP contribution in [0.4, 0.5) is 22.7 Å². The van der Waals surface area contributed by atoms with E-state index in [4.69, 9.17) is 4.74 Å². The van der Waals surface area contributed by atoms with Gasteiger partial charge in [-0.05, 0) is 61.7 Å². The van der Waals surface area contributed by atoms with E-state index in [1.54, 1.807) is 24.3 Å². The maximum atomic E-state index is 13.8. The highest BCUT2D eigenvalue weighted by Crippen LogP contribution is 2.38. The smallest absolute Gasteiger partial charge is 0.306 e. The monoisotopic (exact) mass is 610 g/mol. The van der Waals surface area contributed by atoms with E-state index >= 15 is 0 Å². The number of carbonyl (C=O) groups is 3. The molecule has 7 heteroatoms. The number of halogens is 1. The highest BCUT2D eigenvalue weighted by molar-refractivity contribution is 9.09. The standard InChI is InChI=1S/C34H31BrN2O4/c1-22-10-14-24(15-11-22)36-28-18-19-29(32-31(28)33(39)26-7-4-5-8-27(26)34(32)40)37-25-16-12-23(13-17-25)21-41-30(38)9-3-2-6-20-35/h4-5,7-8,10-19,36-37H,2-3,6,9,20-21H2,1H3. The Bertz CT molecular complexity index is 1580. The Balaban J connectivity index is 1.38. The van der Waals surface area contributed by atoms with Crippen LogP contribution < -0.4 is 10.6 Å². The van der Waals surface area contributed by atoms with E-state index in [1.807, 2.05) is 67.6 Å². The van der Waals surface area contributed by atoms with Gasteiger partial charge in [0.1, 0.15) is 6.61 Å². The zero-order valence-electron chi connectivity index (χ0n) is 22.8. The summed E-state index contributed by atoms with van der Waals surface area (Å²) < 4.78 is 5.41. The predicted molar refractivity (Wildman–Crippen MR) is 166 cm³/mol. The van der Waals surface area contributed by atoms with Gasteiger partial charge in [-0.15, -0.1) is 0 Å². The predicted octanol–water partition coefficient (Wildman–Crippen LogP) is 8.26. The van der Waals surface area contributed by atoms with Crippen LogP contribution in [0.3, 0.4) is 0 Å². The number of fused-ring (bicyclic) bond motifs is 2. The van der Waals surface area contributed by atoms with Gasteiger partial charge < -0.3 is 15.4 Å². The van der Waals surface area contributed by atoms with E-state index < -0.39 is 0 Å².